The molecule has 0 aliphatic carbocycles. The average molecular weight is 291 g/mol. The Morgan fingerprint density at radius 1 is 1.19 bits per heavy atom. The van der Waals surface area contributed by atoms with Gasteiger partial charge in [-0.3, -0.25) is 4.79 Å². The largest absolute Gasteiger partial charge is 0.399 e. The number of nitrogens with one attached hydrogen (secondary N) is 2. The molecule has 0 atom stereocenters. The number of carbonyl (C=O) groups excluding carboxylic acids is 1. The maximum atomic E-state index is 13.6. The van der Waals surface area contributed by atoms with Gasteiger partial charge in [0, 0.05) is 30.5 Å². The zero-order valence-electron chi connectivity index (χ0n) is 11.4. The monoisotopic (exact) mass is 291 g/mol. The van der Waals surface area contributed by atoms with Crippen LogP contribution in [0.3, 0.4) is 0 Å². The van der Waals surface area contributed by atoms with E-state index >= 15 is 0 Å². The second-order valence-corrected chi connectivity index (χ2v) is 4.47. The predicted molar refractivity (Wildman–Crippen MR) is 77.9 cm³/mol. The number of anilines is 2. The van der Waals surface area contributed by atoms with Crippen LogP contribution in [0, 0.1) is 11.6 Å². The third-order valence-corrected chi connectivity index (χ3v) is 2.99. The molecule has 0 aromatic heterocycles. The summed E-state index contributed by atoms with van der Waals surface area (Å²) in [6.07, 6.45) is 0. The fourth-order valence-corrected chi connectivity index (χ4v) is 1.91. The van der Waals surface area contributed by atoms with Crippen LogP contribution in [-0.4, -0.2) is 13.0 Å². The van der Waals surface area contributed by atoms with Crippen molar-refractivity contribution in [3.05, 3.63) is 59.2 Å². The van der Waals surface area contributed by atoms with Crippen molar-refractivity contribution in [2.75, 3.05) is 18.1 Å². The predicted octanol–water partition coefficient (Wildman–Crippen LogP) is 2.52. The molecule has 4 N–H and O–H groups in total. The molecule has 0 unspecified atom stereocenters. The van der Waals surface area contributed by atoms with Gasteiger partial charge in [-0.25, -0.2) is 8.78 Å². The zero-order valence-corrected chi connectivity index (χ0v) is 11.4. The Labute approximate surface area is 121 Å². The lowest BCUT2D eigenvalue weighted by molar-refractivity contribution is 0.0964. The molecular weight excluding hydrogens is 276 g/mol. The van der Waals surface area contributed by atoms with Crippen LogP contribution in [0.25, 0.3) is 0 Å². The molecule has 2 aromatic carbocycles. The first kappa shape index (κ1) is 14.8. The van der Waals surface area contributed by atoms with Crippen LogP contribution >= 0.6 is 0 Å². The molecule has 110 valence electrons. The molecule has 0 bridgehead atoms. The second-order valence-electron chi connectivity index (χ2n) is 4.47. The Kier molecular flexibility index (Phi) is 4.37. The van der Waals surface area contributed by atoms with Crippen molar-refractivity contribution >= 4 is 17.3 Å². The molecular formula is C15H15F2N3O. The van der Waals surface area contributed by atoms with Gasteiger partial charge in [0.25, 0.3) is 5.91 Å². The molecule has 0 heterocycles. The van der Waals surface area contributed by atoms with E-state index in [1.165, 1.54) is 7.05 Å². The van der Waals surface area contributed by atoms with E-state index in [1.807, 2.05) is 0 Å². The van der Waals surface area contributed by atoms with E-state index in [0.29, 0.717) is 16.9 Å². The molecule has 0 saturated carbocycles. The van der Waals surface area contributed by atoms with Crippen LogP contribution < -0.4 is 16.4 Å². The number of amides is 1. The molecule has 4 nitrogen and oxygen atoms in total. The van der Waals surface area contributed by atoms with Gasteiger partial charge in [-0.2, -0.15) is 0 Å². The van der Waals surface area contributed by atoms with Crippen molar-refractivity contribution < 1.29 is 13.6 Å². The van der Waals surface area contributed by atoms with Crippen molar-refractivity contribution in [1.82, 2.24) is 5.32 Å². The normalized spacial score (nSPS) is 10.2. The first-order valence-corrected chi connectivity index (χ1v) is 6.30. The third kappa shape index (κ3) is 3.47. The topological polar surface area (TPSA) is 67.2 Å². The van der Waals surface area contributed by atoms with Crippen molar-refractivity contribution in [3.8, 4) is 0 Å². The summed E-state index contributed by atoms with van der Waals surface area (Å²) in [7, 11) is 1.51. The Bertz CT molecular complexity index is 674. The number of hydrogen-bond donors (Lipinski definition) is 3. The highest BCUT2D eigenvalue weighted by Crippen LogP contribution is 2.21. The number of nitrogen functional groups attached to an aromatic ring is 1. The first-order valence-electron chi connectivity index (χ1n) is 6.30. The summed E-state index contributed by atoms with van der Waals surface area (Å²) < 4.78 is 26.7. The van der Waals surface area contributed by atoms with Crippen LogP contribution in [-0.2, 0) is 6.54 Å². The lowest BCUT2D eigenvalue weighted by Gasteiger charge is -2.12. The van der Waals surface area contributed by atoms with Crippen molar-refractivity contribution in [1.29, 1.82) is 0 Å². The number of rotatable bonds is 4. The maximum absolute atomic E-state index is 13.6. The molecule has 0 saturated heterocycles. The van der Waals surface area contributed by atoms with Gasteiger partial charge in [0.1, 0.15) is 11.6 Å². The fraction of sp³-hybridized carbons (Fsp3) is 0.133. The summed E-state index contributed by atoms with van der Waals surface area (Å²) in [6, 6.07) is 7.95. The van der Waals surface area contributed by atoms with E-state index in [9.17, 15) is 13.6 Å². The molecule has 0 aliphatic rings. The molecule has 0 spiro atoms. The Hall–Kier alpha value is -2.63. The van der Waals surface area contributed by atoms with Crippen molar-refractivity contribution in [2.45, 2.75) is 6.54 Å². The summed E-state index contributed by atoms with van der Waals surface area (Å²) in [5, 5.41) is 5.41. The number of benzene rings is 2. The van der Waals surface area contributed by atoms with E-state index in [4.69, 9.17) is 5.73 Å². The second kappa shape index (κ2) is 6.21. The lowest BCUT2D eigenvalue weighted by Crippen LogP contribution is -2.20. The van der Waals surface area contributed by atoms with Gasteiger partial charge in [-0.05, 0) is 36.4 Å². The number of hydrogen-bond acceptors (Lipinski definition) is 3. The molecule has 2 rings (SSSR count). The highest BCUT2D eigenvalue weighted by atomic mass is 19.1. The van der Waals surface area contributed by atoms with Crippen molar-refractivity contribution in [3.63, 3.8) is 0 Å². The Morgan fingerprint density at radius 2 is 1.95 bits per heavy atom. The summed E-state index contributed by atoms with van der Waals surface area (Å²) in [5.74, 6) is -1.33. The minimum atomic E-state index is -0.521. The highest BCUT2D eigenvalue weighted by Gasteiger charge is 2.11. The molecule has 2 aromatic rings. The maximum Gasteiger partial charge on any atom is 0.253 e. The molecule has 0 radical (unpaired) electrons. The van der Waals surface area contributed by atoms with Gasteiger partial charge in [0.05, 0.1) is 5.56 Å². The zero-order chi connectivity index (χ0) is 15.4. The molecule has 0 aliphatic heterocycles. The highest BCUT2D eigenvalue weighted by molar-refractivity contribution is 6.00. The molecule has 1 amide bonds. The molecule has 6 heteroatoms. The van der Waals surface area contributed by atoms with Crippen molar-refractivity contribution in [2.24, 2.45) is 0 Å². The smallest absolute Gasteiger partial charge is 0.253 e. The lowest BCUT2D eigenvalue weighted by atomic mass is 10.1. The number of nitrogens with two attached hydrogens (primary N) is 1. The van der Waals surface area contributed by atoms with Gasteiger partial charge in [-0.1, -0.05) is 0 Å². The third-order valence-electron chi connectivity index (χ3n) is 2.99. The molecule has 21 heavy (non-hydrogen) atoms. The number of halogens is 2. The minimum absolute atomic E-state index is 0.0387. The van der Waals surface area contributed by atoms with Gasteiger partial charge in [0.2, 0.25) is 0 Å². The average Bonchev–Trinajstić information content (AvgIpc) is 2.47. The van der Waals surface area contributed by atoms with Crippen LogP contribution in [0.1, 0.15) is 15.9 Å². The van der Waals surface area contributed by atoms with Crippen LogP contribution in [0.15, 0.2) is 36.4 Å². The summed E-state index contributed by atoms with van der Waals surface area (Å²) in [4.78, 5) is 11.8. The minimum Gasteiger partial charge on any atom is -0.399 e. The standard InChI is InChI=1S/C15H15F2N3O/c1-19-15(21)12-4-3-11(18)7-14(12)20-8-9-6-10(16)2-5-13(9)17/h2-7,20H,8,18H2,1H3,(H,19,21). The van der Waals surface area contributed by atoms with E-state index in [1.54, 1.807) is 18.2 Å². The molecule has 0 fully saturated rings. The Balaban J connectivity index is 2.25. The van der Waals surface area contributed by atoms with E-state index < -0.39 is 11.6 Å². The van der Waals surface area contributed by atoms with E-state index in [2.05, 4.69) is 10.6 Å². The fourth-order valence-electron chi connectivity index (χ4n) is 1.91. The van der Waals surface area contributed by atoms with E-state index in [-0.39, 0.29) is 18.0 Å². The SMILES string of the molecule is CNC(=O)c1ccc(N)cc1NCc1cc(F)ccc1F. The Morgan fingerprint density at radius 3 is 2.67 bits per heavy atom. The number of carbonyl (C=O) groups is 1. The van der Waals surface area contributed by atoms with E-state index in [0.717, 1.165) is 18.2 Å². The first-order chi connectivity index (χ1) is 10.0. The van der Waals surface area contributed by atoms with Gasteiger partial charge in [-0.15, -0.1) is 0 Å². The summed E-state index contributed by atoms with van der Waals surface area (Å²) in [5.41, 5.74) is 7.15. The van der Waals surface area contributed by atoms with Gasteiger partial charge >= 0.3 is 0 Å². The van der Waals surface area contributed by atoms with Gasteiger partial charge in [0.15, 0.2) is 0 Å². The summed E-state index contributed by atoms with van der Waals surface area (Å²) in [6.45, 7) is 0.0387. The van der Waals surface area contributed by atoms with Crippen LogP contribution in [0.4, 0.5) is 20.2 Å². The van der Waals surface area contributed by atoms with Crippen LogP contribution in [0.5, 0.6) is 0 Å². The van der Waals surface area contributed by atoms with Crippen LogP contribution in [0.2, 0.25) is 0 Å². The quantitative estimate of drug-likeness (QED) is 0.758. The summed E-state index contributed by atoms with van der Waals surface area (Å²) >= 11 is 0. The van der Waals surface area contributed by atoms with Gasteiger partial charge < -0.3 is 16.4 Å².